The Hall–Kier alpha value is -2.70. The maximum absolute atomic E-state index is 11.6. The van der Waals surface area contributed by atoms with Gasteiger partial charge in [-0.05, 0) is 38.0 Å². The van der Waals surface area contributed by atoms with Crippen molar-refractivity contribution in [3.05, 3.63) is 42.4 Å². The van der Waals surface area contributed by atoms with Crippen molar-refractivity contribution in [1.29, 1.82) is 0 Å². The minimum Gasteiger partial charge on any atom is -0.462 e. The van der Waals surface area contributed by atoms with Gasteiger partial charge in [0.15, 0.2) is 0 Å². The second-order valence-corrected chi connectivity index (χ2v) is 5.63. The van der Waals surface area contributed by atoms with E-state index in [1.807, 2.05) is 12.1 Å². The lowest BCUT2D eigenvalue weighted by Crippen LogP contribution is -2.43. The number of pyridine rings is 1. The Balaban J connectivity index is 1.60. The first-order valence-electron chi connectivity index (χ1n) is 8.18. The predicted molar refractivity (Wildman–Crippen MR) is 91.1 cm³/mol. The molecule has 7 nitrogen and oxygen atoms in total. The van der Waals surface area contributed by atoms with Crippen molar-refractivity contribution in [1.82, 2.24) is 15.0 Å². The monoisotopic (exact) mass is 327 g/mol. The van der Waals surface area contributed by atoms with Crippen LogP contribution in [-0.2, 0) is 4.74 Å². The van der Waals surface area contributed by atoms with Crippen LogP contribution in [0.4, 0.5) is 11.8 Å². The maximum Gasteiger partial charge on any atom is 0.339 e. The van der Waals surface area contributed by atoms with Gasteiger partial charge in [0.05, 0.1) is 12.2 Å². The van der Waals surface area contributed by atoms with Gasteiger partial charge in [0.2, 0.25) is 5.95 Å². The van der Waals surface area contributed by atoms with Crippen LogP contribution < -0.4 is 10.2 Å². The molecule has 126 valence electrons. The zero-order valence-corrected chi connectivity index (χ0v) is 13.7. The number of aromatic nitrogens is 3. The van der Waals surface area contributed by atoms with Gasteiger partial charge >= 0.3 is 5.97 Å². The number of carbonyl (C=O) groups is 1. The first kappa shape index (κ1) is 16.2. The van der Waals surface area contributed by atoms with Crippen molar-refractivity contribution in [2.45, 2.75) is 25.8 Å². The highest BCUT2D eigenvalue weighted by Crippen LogP contribution is 2.18. The van der Waals surface area contributed by atoms with Gasteiger partial charge in [-0.1, -0.05) is 0 Å². The van der Waals surface area contributed by atoms with E-state index in [0.29, 0.717) is 12.2 Å². The molecule has 24 heavy (non-hydrogen) atoms. The van der Waals surface area contributed by atoms with Crippen LogP contribution >= 0.6 is 0 Å². The highest BCUT2D eigenvalue weighted by Gasteiger charge is 2.21. The lowest BCUT2D eigenvalue weighted by atomic mass is 10.1. The summed E-state index contributed by atoms with van der Waals surface area (Å²) in [6.07, 6.45) is 7.19. The molecule has 1 atom stereocenters. The molecule has 2 aromatic heterocycles. The van der Waals surface area contributed by atoms with Crippen LogP contribution in [0.3, 0.4) is 0 Å². The molecular formula is C17H21N5O2. The summed E-state index contributed by atoms with van der Waals surface area (Å²) in [6, 6.07) is 5.62. The molecule has 0 amide bonds. The first-order valence-corrected chi connectivity index (χ1v) is 8.18. The average Bonchev–Trinajstić information content (AvgIpc) is 2.63. The molecule has 1 aliphatic heterocycles. The van der Waals surface area contributed by atoms with Gasteiger partial charge in [-0.25, -0.2) is 19.7 Å². The number of esters is 1. The van der Waals surface area contributed by atoms with E-state index in [-0.39, 0.29) is 12.0 Å². The second-order valence-electron chi connectivity index (χ2n) is 5.63. The van der Waals surface area contributed by atoms with Crippen LogP contribution in [0, 0.1) is 0 Å². The van der Waals surface area contributed by atoms with E-state index >= 15 is 0 Å². The van der Waals surface area contributed by atoms with Gasteiger partial charge in [-0.15, -0.1) is 0 Å². The SMILES string of the molecule is CCOC(=O)c1ccc(N[C@@H]2CCCN(c3ncccn3)C2)nc1. The molecule has 3 rings (SSSR count). The van der Waals surface area contributed by atoms with Gasteiger partial charge in [0.25, 0.3) is 0 Å². The fourth-order valence-electron chi connectivity index (χ4n) is 2.75. The topological polar surface area (TPSA) is 80.2 Å². The molecule has 7 heteroatoms. The largest absolute Gasteiger partial charge is 0.462 e. The number of rotatable bonds is 5. The van der Waals surface area contributed by atoms with E-state index in [9.17, 15) is 4.79 Å². The Morgan fingerprint density at radius 3 is 2.88 bits per heavy atom. The smallest absolute Gasteiger partial charge is 0.339 e. The highest BCUT2D eigenvalue weighted by molar-refractivity contribution is 5.89. The van der Waals surface area contributed by atoms with E-state index in [4.69, 9.17) is 4.74 Å². The van der Waals surface area contributed by atoms with Crippen LogP contribution in [0.1, 0.15) is 30.1 Å². The van der Waals surface area contributed by atoms with E-state index in [0.717, 1.165) is 37.7 Å². The molecular weight excluding hydrogens is 306 g/mol. The van der Waals surface area contributed by atoms with Crippen molar-refractivity contribution >= 4 is 17.7 Å². The lowest BCUT2D eigenvalue weighted by Gasteiger charge is -2.33. The standard InChI is InChI=1S/C17H21N5O2/c1-2-24-16(23)13-6-7-15(20-11-13)21-14-5-3-10-22(12-14)17-18-8-4-9-19-17/h4,6-9,11,14H,2-3,5,10,12H2,1H3,(H,20,21)/t14-/m1/s1. The van der Waals surface area contributed by atoms with Gasteiger partial charge in [0, 0.05) is 37.7 Å². The maximum atomic E-state index is 11.6. The number of piperidine rings is 1. The average molecular weight is 327 g/mol. The third-order valence-electron chi connectivity index (χ3n) is 3.88. The molecule has 1 aliphatic rings. The number of carbonyl (C=O) groups excluding carboxylic acids is 1. The van der Waals surface area contributed by atoms with Crippen LogP contribution in [0.25, 0.3) is 0 Å². The van der Waals surface area contributed by atoms with Crippen molar-refractivity contribution < 1.29 is 9.53 Å². The Labute approximate surface area is 141 Å². The summed E-state index contributed by atoms with van der Waals surface area (Å²) in [5.41, 5.74) is 0.463. The Bertz CT molecular complexity index is 662. The molecule has 0 aliphatic carbocycles. The molecule has 0 saturated carbocycles. The molecule has 0 aromatic carbocycles. The number of hydrogen-bond donors (Lipinski definition) is 1. The minimum absolute atomic E-state index is 0.267. The Kier molecular flexibility index (Phi) is 5.20. The number of hydrogen-bond acceptors (Lipinski definition) is 7. The van der Waals surface area contributed by atoms with Gasteiger partial charge < -0.3 is 15.0 Å². The third kappa shape index (κ3) is 3.98. The minimum atomic E-state index is -0.346. The molecule has 0 radical (unpaired) electrons. The van der Waals surface area contributed by atoms with Crippen molar-refractivity contribution in [2.24, 2.45) is 0 Å². The number of anilines is 2. The predicted octanol–water partition coefficient (Wildman–Crippen LogP) is 2.13. The van der Waals surface area contributed by atoms with Gasteiger partial charge in [0.1, 0.15) is 5.82 Å². The van der Waals surface area contributed by atoms with E-state index in [1.54, 1.807) is 31.6 Å². The normalized spacial score (nSPS) is 17.4. The van der Waals surface area contributed by atoms with Gasteiger partial charge in [-0.3, -0.25) is 0 Å². The zero-order chi connectivity index (χ0) is 16.8. The number of nitrogens with zero attached hydrogens (tertiary/aromatic N) is 4. The fourth-order valence-corrected chi connectivity index (χ4v) is 2.75. The molecule has 0 spiro atoms. The molecule has 1 fully saturated rings. The molecule has 3 heterocycles. The van der Waals surface area contributed by atoms with Gasteiger partial charge in [-0.2, -0.15) is 0 Å². The summed E-state index contributed by atoms with van der Waals surface area (Å²) in [5, 5.41) is 3.42. The lowest BCUT2D eigenvalue weighted by molar-refractivity contribution is 0.0526. The summed E-state index contributed by atoms with van der Waals surface area (Å²) in [6.45, 7) is 3.92. The van der Waals surface area contributed by atoms with Crippen LogP contribution in [0.15, 0.2) is 36.8 Å². The number of nitrogens with one attached hydrogen (secondary N) is 1. The second kappa shape index (κ2) is 7.72. The summed E-state index contributed by atoms with van der Waals surface area (Å²) in [4.78, 5) is 26.8. The zero-order valence-electron chi connectivity index (χ0n) is 13.7. The molecule has 2 aromatic rings. The van der Waals surface area contributed by atoms with Crippen LogP contribution in [-0.4, -0.2) is 46.7 Å². The molecule has 0 bridgehead atoms. The van der Waals surface area contributed by atoms with Crippen molar-refractivity contribution in [3.8, 4) is 0 Å². The first-order chi connectivity index (χ1) is 11.8. The third-order valence-corrected chi connectivity index (χ3v) is 3.88. The molecule has 1 saturated heterocycles. The quantitative estimate of drug-likeness (QED) is 0.843. The van der Waals surface area contributed by atoms with Crippen molar-refractivity contribution in [2.75, 3.05) is 29.9 Å². The van der Waals surface area contributed by atoms with E-state index in [2.05, 4.69) is 25.2 Å². The number of ether oxygens (including phenoxy) is 1. The highest BCUT2D eigenvalue weighted by atomic mass is 16.5. The summed E-state index contributed by atoms with van der Waals surface area (Å²) in [5.74, 6) is 1.17. The van der Waals surface area contributed by atoms with Crippen molar-refractivity contribution in [3.63, 3.8) is 0 Å². The molecule has 1 N–H and O–H groups in total. The summed E-state index contributed by atoms with van der Waals surface area (Å²) < 4.78 is 4.96. The van der Waals surface area contributed by atoms with E-state index < -0.39 is 0 Å². The summed E-state index contributed by atoms with van der Waals surface area (Å²) in [7, 11) is 0. The summed E-state index contributed by atoms with van der Waals surface area (Å²) >= 11 is 0. The van der Waals surface area contributed by atoms with Crippen LogP contribution in [0.5, 0.6) is 0 Å². The van der Waals surface area contributed by atoms with Crippen LogP contribution in [0.2, 0.25) is 0 Å². The van der Waals surface area contributed by atoms with E-state index in [1.165, 1.54) is 0 Å². The molecule has 0 unspecified atom stereocenters. The Morgan fingerprint density at radius 2 is 2.17 bits per heavy atom. The fraction of sp³-hybridized carbons (Fsp3) is 0.412. The Morgan fingerprint density at radius 1 is 1.33 bits per heavy atom.